The zero-order valence-electron chi connectivity index (χ0n) is 10.2. The van der Waals surface area contributed by atoms with Crippen molar-refractivity contribution in [2.45, 2.75) is 12.8 Å². The highest BCUT2D eigenvalue weighted by Gasteiger charge is 2.11. The van der Waals surface area contributed by atoms with Crippen LogP contribution < -0.4 is 0 Å². The smallest absolute Gasteiger partial charge is 0.0995 e. The normalized spacial score (nSPS) is 12.5. The van der Waals surface area contributed by atoms with E-state index in [1.165, 1.54) is 5.56 Å². The fourth-order valence-electron chi connectivity index (χ4n) is 2.00. The first kappa shape index (κ1) is 11.2. The van der Waals surface area contributed by atoms with Crippen LogP contribution in [0, 0.1) is 0 Å². The van der Waals surface area contributed by atoms with E-state index < -0.39 is 0 Å². The number of thiophene rings is 1. The summed E-state index contributed by atoms with van der Waals surface area (Å²) in [6.07, 6.45) is 3.99. The number of nitrogens with zero attached hydrogens (tertiary/aromatic N) is 2. The molecule has 1 unspecified atom stereocenters. The maximum atomic E-state index is 4.52. The molecule has 2 nitrogen and oxygen atoms in total. The molecule has 18 heavy (non-hydrogen) atoms. The lowest BCUT2D eigenvalue weighted by Crippen LogP contribution is -1.94. The summed E-state index contributed by atoms with van der Waals surface area (Å²) in [5.74, 6) is 0.348. The summed E-state index contributed by atoms with van der Waals surface area (Å²) in [6.45, 7) is 2.19. The van der Waals surface area contributed by atoms with Crippen LogP contribution >= 0.6 is 11.3 Å². The summed E-state index contributed by atoms with van der Waals surface area (Å²) in [7, 11) is 0. The standard InChI is InChI=1S/C15H14N2S/c1-12(13-7-8-18-10-13)15-9-17(11-16-15)14-5-3-2-4-6-14/h2-12H,1H3. The number of rotatable bonds is 3. The third-order valence-corrected chi connectivity index (χ3v) is 3.85. The minimum absolute atomic E-state index is 0.348. The minimum Gasteiger partial charge on any atom is -0.306 e. The molecule has 0 N–H and O–H groups in total. The van der Waals surface area contributed by atoms with E-state index in [4.69, 9.17) is 0 Å². The van der Waals surface area contributed by atoms with Crippen LogP contribution in [0.4, 0.5) is 0 Å². The maximum Gasteiger partial charge on any atom is 0.0995 e. The first-order valence-corrected chi connectivity index (χ1v) is 6.90. The summed E-state index contributed by atoms with van der Waals surface area (Å²) < 4.78 is 2.07. The van der Waals surface area contributed by atoms with Gasteiger partial charge in [-0.25, -0.2) is 4.98 Å². The van der Waals surface area contributed by atoms with Gasteiger partial charge in [0, 0.05) is 17.8 Å². The summed E-state index contributed by atoms with van der Waals surface area (Å²) in [5.41, 5.74) is 3.59. The molecule has 0 radical (unpaired) electrons. The SMILES string of the molecule is CC(c1ccsc1)c1cn(-c2ccccc2)cn1. The van der Waals surface area contributed by atoms with Gasteiger partial charge < -0.3 is 4.57 Å². The molecule has 90 valence electrons. The summed E-state index contributed by atoms with van der Waals surface area (Å²) in [5, 5.41) is 4.30. The minimum atomic E-state index is 0.348. The highest BCUT2D eigenvalue weighted by atomic mass is 32.1. The van der Waals surface area contributed by atoms with Crippen LogP contribution in [0.3, 0.4) is 0 Å². The first-order valence-electron chi connectivity index (χ1n) is 5.96. The number of aromatic nitrogens is 2. The van der Waals surface area contributed by atoms with E-state index in [0.717, 1.165) is 11.4 Å². The van der Waals surface area contributed by atoms with Crippen LogP contribution in [0.25, 0.3) is 5.69 Å². The molecule has 0 aliphatic carbocycles. The van der Waals surface area contributed by atoms with Gasteiger partial charge in [-0.05, 0) is 34.5 Å². The Balaban J connectivity index is 1.90. The highest BCUT2D eigenvalue weighted by Crippen LogP contribution is 2.25. The van der Waals surface area contributed by atoms with Gasteiger partial charge in [-0.1, -0.05) is 25.1 Å². The van der Waals surface area contributed by atoms with E-state index in [0.29, 0.717) is 5.92 Å². The Labute approximate surface area is 111 Å². The molecule has 0 saturated heterocycles. The summed E-state index contributed by atoms with van der Waals surface area (Å²) in [6, 6.07) is 12.4. The fourth-order valence-corrected chi connectivity index (χ4v) is 2.75. The monoisotopic (exact) mass is 254 g/mol. The Hall–Kier alpha value is -1.87. The van der Waals surface area contributed by atoms with E-state index >= 15 is 0 Å². The summed E-state index contributed by atoms with van der Waals surface area (Å²) >= 11 is 1.73. The predicted molar refractivity (Wildman–Crippen MR) is 75.4 cm³/mol. The number of para-hydroxylation sites is 1. The lowest BCUT2D eigenvalue weighted by molar-refractivity contribution is 0.887. The van der Waals surface area contributed by atoms with Crippen LogP contribution in [0.2, 0.25) is 0 Å². The molecule has 0 spiro atoms. The zero-order valence-corrected chi connectivity index (χ0v) is 11.0. The zero-order chi connectivity index (χ0) is 12.4. The van der Waals surface area contributed by atoms with Gasteiger partial charge in [-0.3, -0.25) is 0 Å². The fraction of sp³-hybridized carbons (Fsp3) is 0.133. The van der Waals surface area contributed by atoms with Crippen molar-refractivity contribution in [3.05, 3.63) is 70.9 Å². The van der Waals surface area contributed by atoms with E-state index in [1.807, 2.05) is 24.5 Å². The molecule has 0 aliphatic rings. The van der Waals surface area contributed by atoms with Crippen molar-refractivity contribution in [3.63, 3.8) is 0 Å². The lowest BCUT2D eigenvalue weighted by Gasteiger charge is -2.05. The largest absolute Gasteiger partial charge is 0.306 e. The summed E-state index contributed by atoms with van der Waals surface area (Å²) in [4.78, 5) is 4.52. The van der Waals surface area contributed by atoms with Crippen LogP contribution in [0.5, 0.6) is 0 Å². The second kappa shape index (κ2) is 4.78. The highest BCUT2D eigenvalue weighted by molar-refractivity contribution is 7.08. The predicted octanol–water partition coefficient (Wildman–Crippen LogP) is 4.09. The quantitative estimate of drug-likeness (QED) is 0.688. The third-order valence-electron chi connectivity index (χ3n) is 3.14. The molecule has 0 saturated carbocycles. The van der Waals surface area contributed by atoms with Crippen LogP contribution in [-0.4, -0.2) is 9.55 Å². The Morgan fingerprint density at radius 3 is 2.72 bits per heavy atom. The molecule has 2 aromatic heterocycles. The third kappa shape index (κ3) is 2.09. The number of imidazole rings is 1. The average molecular weight is 254 g/mol. The Bertz CT molecular complexity index is 611. The number of hydrogen-bond donors (Lipinski definition) is 0. The Morgan fingerprint density at radius 1 is 1.17 bits per heavy atom. The molecule has 0 fully saturated rings. The number of benzene rings is 1. The molecule has 0 aliphatic heterocycles. The van der Waals surface area contributed by atoms with Crippen molar-refractivity contribution in [2.75, 3.05) is 0 Å². The van der Waals surface area contributed by atoms with E-state index in [-0.39, 0.29) is 0 Å². The molecule has 1 aromatic carbocycles. The van der Waals surface area contributed by atoms with Gasteiger partial charge in [0.05, 0.1) is 12.0 Å². The van der Waals surface area contributed by atoms with Gasteiger partial charge in [-0.2, -0.15) is 11.3 Å². The van der Waals surface area contributed by atoms with Crippen LogP contribution in [-0.2, 0) is 0 Å². The van der Waals surface area contributed by atoms with Gasteiger partial charge >= 0.3 is 0 Å². The second-order valence-corrected chi connectivity index (χ2v) is 5.10. The molecular weight excluding hydrogens is 240 g/mol. The van der Waals surface area contributed by atoms with Crippen LogP contribution in [0.1, 0.15) is 24.1 Å². The van der Waals surface area contributed by atoms with E-state index in [2.05, 4.69) is 51.6 Å². The van der Waals surface area contributed by atoms with Crippen molar-refractivity contribution in [2.24, 2.45) is 0 Å². The van der Waals surface area contributed by atoms with Crippen molar-refractivity contribution in [3.8, 4) is 5.69 Å². The molecule has 0 bridgehead atoms. The molecule has 3 rings (SSSR count). The first-order chi connectivity index (χ1) is 8.84. The Morgan fingerprint density at radius 2 is 2.00 bits per heavy atom. The van der Waals surface area contributed by atoms with Gasteiger partial charge in [0.1, 0.15) is 0 Å². The van der Waals surface area contributed by atoms with Gasteiger partial charge in [-0.15, -0.1) is 0 Å². The van der Waals surface area contributed by atoms with Crippen molar-refractivity contribution < 1.29 is 0 Å². The molecule has 1 atom stereocenters. The topological polar surface area (TPSA) is 17.8 Å². The van der Waals surface area contributed by atoms with E-state index in [1.54, 1.807) is 11.3 Å². The Kier molecular flexibility index (Phi) is 2.99. The molecule has 3 aromatic rings. The maximum absolute atomic E-state index is 4.52. The molecule has 0 amide bonds. The lowest BCUT2D eigenvalue weighted by atomic mass is 10.0. The van der Waals surface area contributed by atoms with Crippen LogP contribution in [0.15, 0.2) is 59.7 Å². The molecule has 2 heterocycles. The van der Waals surface area contributed by atoms with Gasteiger partial charge in [0.25, 0.3) is 0 Å². The van der Waals surface area contributed by atoms with Crippen molar-refractivity contribution in [1.82, 2.24) is 9.55 Å². The second-order valence-electron chi connectivity index (χ2n) is 4.32. The van der Waals surface area contributed by atoms with E-state index in [9.17, 15) is 0 Å². The van der Waals surface area contributed by atoms with Crippen molar-refractivity contribution >= 4 is 11.3 Å². The average Bonchev–Trinajstić information content (AvgIpc) is 3.10. The van der Waals surface area contributed by atoms with Crippen molar-refractivity contribution in [1.29, 1.82) is 0 Å². The molecule has 3 heteroatoms. The van der Waals surface area contributed by atoms with Gasteiger partial charge in [0.2, 0.25) is 0 Å². The molecular formula is C15H14N2S. The number of hydrogen-bond acceptors (Lipinski definition) is 2. The van der Waals surface area contributed by atoms with Gasteiger partial charge in [0.15, 0.2) is 0 Å².